The number of carbonyl (C=O) groups excluding carboxylic acids is 1. The number of primary amides is 1. The van der Waals surface area contributed by atoms with Crippen molar-refractivity contribution in [2.75, 3.05) is 5.32 Å². The molecule has 0 unspecified atom stereocenters. The minimum Gasteiger partial charge on any atom is -0.377 e. The molecule has 0 radical (unpaired) electrons. The van der Waals surface area contributed by atoms with Gasteiger partial charge in [0, 0.05) is 12.4 Å². The Morgan fingerprint density at radius 1 is 1.41 bits per heavy atom. The van der Waals surface area contributed by atoms with E-state index in [-0.39, 0.29) is 17.9 Å². The van der Waals surface area contributed by atoms with Gasteiger partial charge >= 0.3 is 6.18 Å². The minimum absolute atomic E-state index is 0.0498. The van der Waals surface area contributed by atoms with E-state index < -0.39 is 18.6 Å². The van der Waals surface area contributed by atoms with Gasteiger partial charge in [0.25, 0.3) is 5.91 Å². The Hall–Kier alpha value is -2.51. The number of halogens is 3. The Morgan fingerprint density at radius 2 is 2.14 bits per heavy atom. The molecule has 2 aromatic rings. The van der Waals surface area contributed by atoms with Crippen LogP contribution in [0.25, 0.3) is 0 Å². The number of aromatic nitrogens is 2. The number of nitrogens with two attached hydrogens (primary N) is 1. The van der Waals surface area contributed by atoms with E-state index in [1.165, 1.54) is 12.4 Å². The number of nitrogens with zero attached hydrogens (tertiary/aromatic N) is 2. The normalized spacial score (nSPS) is 11.5. The molecule has 0 bridgehead atoms. The summed E-state index contributed by atoms with van der Waals surface area (Å²) >= 11 is 0. The molecule has 118 valence electrons. The van der Waals surface area contributed by atoms with Crippen molar-refractivity contribution in [1.82, 2.24) is 9.55 Å². The highest BCUT2D eigenvalue weighted by atomic mass is 19.4. The molecule has 1 aromatic carbocycles. The standard InChI is InChI=1S/C14H15F3N4O/c1-9-3-2-4-10(13(18)22)12(9)20-7-11-19-5-6-21(11)8-14(15,16)17/h2-6,20H,7-8H2,1H3,(H2,18,22). The van der Waals surface area contributed by atoms with Gasteiger partial charge in [-0.3, -0.25) is 4.79 Å². The number of amides is 1. The maximum absolute atomic E-state index is 12.5. The summed E-state index contributed by atoms with van der Waals surface area (Å²) in [6, 6.07) is 5.02. The van der Waals surface area contributed by atoms with Crippen molar-refractivity contribution in [3.05, 3.63) is 47.5 Å². The van der Waals surface area contributed by atoms with Crippen molar-refractivity contribution in [2.45, 2.75) is 26.2 Å². The van der Waals surface area contributed by atoms with Gasteiger partial charge in [0.2, 0.25) is 0 Å². The van der Waals surface area contributed by atoms with E-state index in [9.17, 15) is 18.0 Å². The van der Waals surface area contributed by atoms with Crippen molar-refractivity contribution in [3.8, 4) is 0 Å². The molecule has 2 rings (SSSR count). The molecule has 8 heteroatoms. The Balaban J connectivity index is 2.18. The fourth-order valence-corrected chi connectivity index (χ4v) is 2.12. The van der Waals surface area contributed by atoms with Crippen molar-refractivity contribution < 1.29 is 18.0 Å². The number of hydrogen-bond acceptors (Lipinski definition) is 3. The minimum atomic E-state index is -4.32. The van der Waals surface area contributed by atoms with Crippen LogP contribution in [0.4, 0.5) is 18.9 Å². The van der Waals surface area contributed by atoms with Gasteiger partial charge in [0.15, 0.2) is 0 Å². The predicted molar refractivity (Wildman–Crippen MR) is 75.3 cm³/mol. The maximum Gasteiger partial charge on any atom is 0.406 e. The molecule has 1 heterocycles. The summed E-state index contributed by atoms with van der Waals surface area (Å²) in [5.74, 6) is -0.388. The molecule has 0 aliphatic rings. The zero-order valence-corrected chi connectivity index (χ0v) is 11.8. The van der Waals surface area contributed by atoms with Crippen LogP contribution in [-0.4, -0.2) is 21.6 Å². The SMILES string of the molecule is Cc1cccc(C(N)=O)c1NCc1nccn1CC(F)(F)F. The first-order valence-corrected chi connectivity index (χ1v) is 6.48. The molecule has 0 fully saturated rings. The van der Waals surface area contributed by atoms with E-state index >= 15 is 0 Å². The number of carbonyl (C=O) groups is 1. The molecule has 22 heavy (non-hydrogen) atoms. The fourth-order valence-electron chi connectivity index (χ4n) is 2.12. The lowest BCUT2D eigenvalue weighted by molar-refractivity contribution is -0.141. The lowest BCUT2D eigenvalue weighted by Crippen LogP contribution is -2.21. The highest BCUT2D eigenvalue weighted by molar-refractivity contribution is 5.99. The van der Waals surface area contributed by atoms with Crippen LogP contribution < -0.4 is 11.1 Å². The Morgan fingerprint density at radius 3 is 2.77 bits per heavy atom. The molecule has 0 saturated carbocycles. The second-order valence-electron chi connectivity index (χ2n) is 4.80. The zero-order chi connectivity index (χ0) is 16.3. The van der Waals surface area contributed by atoms with Crippen LogP contribution in [0.2, 0.25) is 0 Å². The molecular weight excluding hydrogens is 297 g/mol. The third-order valence-corrected chi connectivity index (χ3v) is 3.11. The van der Waals surface area contributed by atoms with Crippen LogP contribution in [-0.2, 0) is 13.1 Å². The number of hydrogen-bond donors (Lipinski definition) is 2. The van der Waals surface area contributed by atoms with Crippen LogP contribution >= 0.6 is 0 Å². The third-order valence-electron chi connectivity index (χ3n) is 3.11. The summed E-state index contributed by atoms with van der Waals surface area (Å²) in [7, 11) is 0. The first kappa shape index (κ1) is 15.9. The van der Waals surface area contributed by atoms with Gasteiger partial charge in [-0.05, 0) is 18.6 Å². The van der Waals surface area contributed by atoms with Crippen LogP contribution in [0, 0.1) is 6.92 Å². The van der Waals surface area contributed by atoms with Gasteiger partial charge in [-0.2, -0.15) is 13.2 Å². The van der Waals surface area contributed by atoms with E-state index in [4.69, 9.17) is 5.73 Å². The van der Waals surface area contributed by atoms with Crippen molar-refractivity contribution >= 4 is 11.6 Å². The molecule has 0 atom stereocenters. The summed E-state index contributed by atoms with van der Waals surface area (Å²) < 4.78 is 38.4. The summed E-state index contributed by atoms with van der Waals surface area (Å²) in [5.41, 5.74) is 6.85. The summed E-state index contributed by atoms with van der Waals surface area (Å²) in [5, 5.41) is 2.94. The van der Waals surface area contributed by atoms with E-state index in [0.717, 1.165) is 10.1 Å². The molecule has 3 N–H and O–H groups in total. The van der Waals surface area contributed by atoms with Gasteiger partial charge < -0.3 is 15.6 Å². The average molecular weight is 312 g/mol. The van der Waals surface area contributed by atoms with Gasteiger partial charge in [-0.1, -0.05) is 12.1 Å². The Labute approximate surface area is 124 Å². The number of imidazole rings is 1. The van der Waals surface area contributed by atoms with Crippen LogP contribution in [0.5, 0.6) is 0 Å². The van der Waals surface area contributed by atoms with Gasteiger partial charge in [-0.25, -0.2) is 4.98 Å². The van der Waals surface area contributed by atoms with Crippen molar-refractivity contribution in [1.29, 1.82) is 0 Å². The maximum atomic E-state index is 12.5. The Bertz CT molecular complexity index is 679. The number of benzene rings is 1. The lowest BCUT2D eigenvalue weighted by Gasteiger charge is -2.14. The summed E-state index contributed by atoms with van der Waals surface area (Å²) in [6.07, 6.45) is -1.76. The number of aryl methyl sites for hydroxylation is 1. The summed E-state index contributed by atoms with van der Waals surface area (Å²) in [6.45, 7) is 0.714. The fraction of sp³-hybridized carbons (Fsp3) is 0.286. The lowest BCUT2D eigenvalue weighted by atomic mass is 10.1. The van der Waals surface area contributed by atoms with E-state index in [1.54, 1.807) is 25.1 Å². The third kappa shape index (κ3) is 3.78. The first-order chi connectivity index (χ1) is 10.3. The van der Waals surface area contributed by atoms with Gasteiger partial charge in [0.1, 0.15) is 12.4 Å². The summed E-state index contributed by atoms with van der Waals surface area (Å²) in [4.78, 5) is 15.3. The highest BCUT2D eigenvalue weighted by Gasteiger charge is 2.28. The predicted octanol–water partition coefficient (Wildman–Crippen LogP) is 2.46. The number of para-hydroxylation sites is 1. The monoisotopic (exact) mass is 312 g/mol. The second-order valence-corrected chi connectivity index (χ2v) is 4.80. The highest BCUT2D eigenvalue weighted by Crippen LogP contribution is 2.22. The van der Waals surface area contributed by atoms with E-state index in [2.05, 4.69) is 10.3 Å². The van der Waals surface area contributed by atoms with Crippen molar-refractivity contribution in [2.24, 2.45) is 5.73 Å². The quantitative estimate of drug-likeness (QED) is 0.891. The van der Waals surface area contributed by atoms with Gasteiger partial charge in [-0.15, -0.1) is 0 Å². The Kier molecular flexibility index (Phi) is 4.39. The molecule has 1 aromatic heterocycles. The zero-order valence-electron chi connectivity index (χ0n) is 11.8. The van der Waals surface area contributed by atoms with Gasteiger partial charge in [0.05, 0.1) is 17.8 Å². The van der Waals surface area contributed by atoms with Crippen LogP contribution in [0.3, 0.4) is 0 Å². The molecule has 0 spiro atoms. The average Bonchev–Trinajstić information content (AvgIpc) is 2.82. The van der Waals surface area contributed by atoms with Crippen LogP contribution in [0.15, 0.2) is 30.6 Å². The van der Waals surface area contributed by atoms with Crippen molar-refractivity contribution in [3.63, 3.8) is 0 Å². The van der Waals surface area contributed by atoms with E-state index in [1.807, 2.05) is 0 Å². The number of anilines is 1. The molecule has 0 saturated heterocycles. The molecule has 0 aliphatic heterocycles. The topological polar surface area (TPSA) is 72.9 Å². The smallest absolute Gasteiger partial charge is 0.377 e. The largest absolute Gasteiger partial charge is 0.406 e. The van der Waals surface area contributed by atoms with E-state index in [0.29, 0.717) is 5.69 Å². The number of alkyl halides is 3. The van der Waals surface area contributed by atoms with Crippen LogP contribution in [0.1, 0.15) is 21.7 Å². The first-order valence-electron chi connectivity index (χ1n) is 6.48. The number of nitrogens with one attached hydrogen (secondary N) is 1. The molecular formula is C14H15F3N4O. The second kappa shape index (κ2) is 6.08. The molecule has 5 nitrogen and oxygen atoms in total. The molecule has 1 amide bonds. The molecule has 0 aliphatic carbocycles. The number of rotatable bonds is 5.